The van der Waals surface area contributed by atoms with Crippen LogP contribution in [0.1, 0.15) is 49.9 Å². The van der Waals surface area contributed by atoms with Crippen LogP contribution in [0.25, 0.3) is 22.3 Å². The molecule has 0 N–H and O–H groups in total. The molecule has 1 aliphatic carbocycles. The Morgan fingerprint density at radius 3 is 1.84 bits per heavy atom. The minimum absolute atomic E-state index is 0.103. The van der Waals surface area contributed by atoms with Gasteiger partial charge in [-0.25, -0.2) is 0 Å². The molecule has 0 aromatic heterocycles. The van der Waals surface area contributed by atoms with Gasteiger partial charge in [0.05, 0.1) is 17.1 Å². The molecule has 0 amide bonds. The van der Waals surface area contributed by atoms with Gasteiger partial charge in [0.2, 0.25) is 0 Å². The molecule has 7 aromatic carbocycles. The highest BCUT2D eigenvalue weighted by Crippen LogP contribution is 2.60. The molecule has 0 saturated heterocycles. The summed E-state index contributed by atoms with van der Waals surface area (Å²) in [6, 6.07) is 57.4. The van der Waals surface area contributed by atoms with Gasteiger partial charge in [-0.1, -0.05) is 125 Å². The monoisotopic (exact) mass is 658 g/mol. The summed E-state index contributed by atoms with van der Waals surface area (Å²) < 4.78 is 6.48. The minimum Gasteiger partial charge on any atom is -0.453 e. The maximum atomic E-state index is 6.48. The molecule has 51 heavy (non-hydrogen) atoms. The maximum absolute atomic E-state index is 6.48. The lowest BCUT2D eigenvalue weighted by molar-refractivity contribution is 0.471. The normalized spacial score (nSPS) is 15.1. The molecule has 10 rings (SSSR count). The fraction of sp³-hybridized carbons (Fsp3) is 0.125. The Hall–Kier alpha value is -6.06. The number of fused-ring (bicyclic) bond motifs is 7. The first-order chi connectivity index (χ1) is 24.8. The fourth-order valence-electron chi connectivity index (χ4n) is 8.77. The molecule has 0 atom stereocenters. The highest BCUT2D eigenvalue weighted by molar-refractivity contribution is 5.94. The van der Waals surface area contributed by atoms with Crippen LogP contribution in [0.15, 0.2) is 158 Å². The van der Waals surface area contributed by atoms with Gasteiger partial charge in [0.15, 0.2) is 11.5 Å². The second-order valence-electron chi connectivity index (χ2n) is 15.0. The molecule has 0 unspecified atom stereocenters. The lowest BCUT2D eigenvalue weighted by Crippen LogP contribution is -2.32. The minimum atomic E-state index is -0.271. The van der Waals surface area contributed by atoms with Crippen LogP contribution >= 0.6 is 0 Å². The highest BCUT2D eigenvalue weighted by atomic mass is 16.5. The second-order valence-corrected chi connectivity index (χ2v) is 15.0. The molecule has 0 spiro atoms. The smallest absolute Gasteiger partial charge is 0.151 e. The number of nitrogens with zero attached hydrogens (tertiary/aromatic N) is 2. The Balaban J connectivity index is 1.17. The van der Waals surface area contributed by atoms with E-state index in [-0.39, 0.29) is 10.8 Å². The molecule has 2 heterocycles. The Bertz CT molecular complexity index is 2510. The number of ether oxygens (including phenoxy) is 1. The zero-order valence-corrected chi connectivity index (χ0v) is 29.3. The summed E-state index contributed by atoms with van der Waals surface area (Å²) in [5, 5.41) is 0. The van der Waals surface area contributed by atoms with E-state index in [2.05, 4.69) is 189 Å². The number of hydrogen-bond donors (Lipinski definition) is 0. The van der Waals surface area contributed by atoms with Crippen molar-refractivity contribution in [3.63, 3.8) is 0 Å². The molecular formula is C48H38N2O. The molecule has 0 saturated carbocycles. The van der Waals surface area contributed by atoms with E-state index in [9.17, 15) is 0 Å². The van der Waals surface area contributed by atoms with E-state index in [1.807, 2.05) is 6.07 Å². The fourth-order valence-corrected chi connectivity index (χ4v) is 8.77. The van der Waals surface area contributed by atoms with Gasteiger partial charge in [-0.15, -0.1) is 0 Å². The topological polar surface area (TPSA) is 15.7 Å². The van der Waals surface area contributed by atoms with Crippen LogP contribution in [0.4, 0.5) is 34.1 Å². The van der Waals surface area contributed by atoms with Crippen LogP contribution in [0, 0.1) is 0 Å². The summed E-state index contributed by atoms with van der Waals surface area (Å²) >= 11 is 0. The first-order valence-electron chi connectivity index (χ1n) is 17.9. The van der Waals surface area contributed by atoms with Gasteiger partial charge in [0.25, 0.3) is 0 Å². The first-order valence-corrected chi connectivity index (χ1v) is 17.9. The summed E-state index contributed by atoms with van der Waals surface area (Å²) in [7, 11) is 0. The van der Waals surface area contributed by atoms with Gasteiger partial charge < -0.3 is 14.5 Å². The number of anilines is 6. The van der Waals surface area contributed by atoms with Crippen molar-refractivity contribution < 1.29 is 4.74 Å². The molecule has 3 nitrogen and oxygen atoms in total. The van der Waals surface area contributed by atoms with Crippen molar-refractivity contribution in [3.05, 3.63) is 180 Å². The van der Waals surface area contributed by atoms with E-state index in [0.29, 0.717) is 0 Å². The van der Waals surface area contributed by atoms with Gasteiger partial charge in [-0.05, 0) is 105 Å². The van der Waals surface area contributed by atoms with E-state index in [1.54, 1.807) is 0 Å². The van der Waals surface area contributed by atoms with E-state index < -0.39 is 0 Å². The number of rotatable bonds is 4. The summed E-state index contributed by atoms with van der Waals surface area (Å²) in [5.74, 6) is 1.77. The van der Waals surface area contributed by atoms with Crippen molar-refractivity contribution in [2.45, 2.75) is 38.5 Å². The van der Waals surface area contributed by atoms with Gasteiger partial charge in [0.1, 0.15) is 0 Å². The van der Waals surface area contributed by atoms with Gasteiger partial charge in [0, 0.05) is 27.9 Å². The Kier molecular flexibility index (Phi) is 6.27. The van der Waals surface area contributed by atoms with Crippen LogP contribution in [0.2, 0.25) is 0 Å². The Morgan fingerprint density at radius 2 is 1.02 bits per heavy atom. The third-order valence-electron chi connectivity index (χ3n) is 11.4. The van der Waals surface area contributed by atoms with Crippen molar-refractivity contribution in [2.75, 3.05) is 9.80 Å². The van der Waals surface area contributed by atoms with Crippen molar-refractivity contribution in [1.82, 2.24) is 0 Å². The van der Waals surface area contributed by atoms with Gasteiger partial charge >= 0.3 is 0 Å². The van der Waals surface area contributed by atoms with E-state index in [4.69, 9.17) is 4.74 Å². The summed E-state index contributed by atoms with van der Waals surface area (Å²) in [5.41, 5.74) is 16.8. The van der Waals surface area contributed by atoms with Crippen molar-refractivity contribution >= 4 is 34.1 Å². The SMILES string of the molecule is CC1(C)c2ccccc2-c2ccc(N(c3ccc(-c4ccccc4)cc3)c3ccc4c(c3)C(C)(C)c3cccc5c3N4c3ccccc3O5)cc21. The van der Waals surface area contributed by atoms with Crippen LogP contribution in [-0.4, -0.2) is 0 Å². The van der Waals surface area contributed by atoms with Crippen LogP contribution < -0.4 is 14.5 Å². The van der Waals surface area contributed by atoms with E-state index >= 15 is 0 Å². The quantitative estimate of drug-likeness (QED) is 0.187. The summed E-state index contributed by atoms with van der Waals surface area (Å²) in [6.45, 7) is 9.40. The van der Waals surface area contributed by atoms with Crippen molar-refractivity contribution in [2.24, 2.45) is 0 Å². The third kappa shape index (κ3) is 4.31. The Morgan fingerprint density at radius 1 is 0.431 bits per heavy atom. The zero-order chi connectivity index (χ0) is 34.5. The predicted octanol–water partition coefficient (Wildman–Crippen LogP) is 13.3. The number of hydrogen-bond acceptors (Lipinski definition) is 3. The highest BCUT2D eigenvalue weighted by Gasteiger charge is 2.42. The maximum Gasteiger partial charge on any atom is 0.151 e. The first kappa shape index (κ1) is 29.8. The number of benzene rings is 7. The predicted molar refractivity (Wildman–Crippen MR) is 211 cm³/mol. The lowest BCUT2D eigenvalue weighted by atomic mass is 9.73. The average molecular weight is 659 g/mol. The molecule has 7 aromatic rings. The van der Waals surface area contributed by atoms with Crippen LogP contribution in [-0.2, 0) is 10.8 Å². The zero-order valence-electron chi connectivity index (χ0n) is 29.3. The third-order valence-corrected chi connectivity index (χ3v) is 11.4. The van der Waals surface area contributed by atoms with E-state index in [0.717, 1.165) is 39.9 Å². The lowest BCUT2D eigenvalue weighted by Gasteiger charge is -2.45. The van der Waals surface area contributed by atoms with Gasteiger partial charge in [-0.2, -0.15) is 0 Å². The Labute approximate surface area is 300 Å². The largest absolute Gasteiger partial charge is 0.453 e. The molecule has 0 bridgehead atoms. The molecule has 3 heteroatoms. The second kappa shape index (κ2) is 10.7. The standard InChI is InChI=1S/C48H38N2O/c1-47(2)38-16-9-8-15-36(38)37-27-25-34(29-40(37)47)49(33-23-21-32(22-24-33)31-13-6-5-7-14-31)35-26-28-42-41(30-35)48(3,4)39-17-12-20-45-46(39)50(42)43-18-10-11-19-44(43)51-45/h5-30H,1-4H3. The molecule has 0 radical (unpaired) electrons. The van der Waals surface area contributed by atoms with E-state index in [1.165, 1.54) is 50.2 Å². The molecule has 0 fully saturated rings. The number of para-hydroxylation sites is 3. The molecular weight excluding hydrogens is 621 g/mol. The van der Waals surface area contributed by atoms with Crippen molar-refractivity contribution in [3.8, 4) is 33.8 Å². The van der Waals surface area contributed by atoms with Crippen molar-refractivity contribution in [1.29, 1.82) is 0 Å². The molecule has 246 valence electrons. The van der Waals surface area contributed by atoms with Gasteiger partial charge in [-0.3, -0.25) is 0 Å². The summed E-state index contributed by atoms with van der Waals surface area (Å²) in [4.78, 5) is 4.84. The summed E-state index contributed by atoms with van der Waals surface area (Å²) in [6.07, 6.45) is 0. The average Bonchev–Trinajstić information content (AvgIpc) is 3.39. The molecule has 3 aliphatic rings. The van der Waals surface area contributed by atoms with Crippen LogP contribution in [0.3, 0.4) is 0 Å². The molecule has 2 aliphatic heterocycles. The van der Waals surface area contributed by atoms with Crippen LogP contribution in [0.5, 0.6) is 11.5 Å².